The third-order valence-corrected chi connectivity index (χ3v) is 8.13. The van der Waals surface area contributed by atoms with Gasteiger partial charge in [-0.2, -0.15) is 0 Å². The number of fused-ring (bicyclic) bond motifs is 1. The lowest BCUT2D eigenvalue weighted by Gasteiger charge is -2.30. The number of hydrogen-bond acceptors (Lipinski definition) is 6. The fourth-order valence-electron chi connectivity index (χ4n) is 4.17. The second kappa shape index (κ2) is 12.0. The van der Waals surface area contributed by atoms with Crippen molar-refractivity contribution >= 4 is 33.4 Å². The lowest BCUT2D eigenvalue weighted by atomic mass is 10.1. The molecular formula is C28H37N3O6S. The quantitative estimate of drug-likeness (QED) is 0.510. The minimum atomic E-state index is -3.88. The molecular weight excluding hydrogens is 506 g/mol. The smallest absolute Gasteiger partial charge is 0.410 e. The van der Waals surface area contributed by atoms with Crippen molar-refractivity contribution in [2.45, 2.75) is 69.5 Å². The zero-order valence-electron chi connectivity index (χ0n) is 22.6. The Morgan fingerprint density at radius 3 is 2.37 bits per heavy atom. The SMILES string of the molecule is C[C@@H](C(=O)NC1CS(=O)(=O)c2ccccc2N(CCCCc2ccccc2)C1=O)N(C)C(=O)OC(C)(C)C. The van der Waals surface area contributed by atoms with Crippen molar-refractivity contribution in [1.82, 2.24) is 10.2 Å². The molecule has 0 radical (unpaired) electrons. The van der Waals surface area contributed by atoms with E-state index in [9.17, 15) is 22.8 Å². The van der Waals surface area contributed by atoms with E-state index in [4.69, 9.17) is 4.74 Å². The molecule has 0 aliphatic carbocycles. The van der Waals surface area contributed by atoms with Crippen LogP contribution in [0, 0.1) is 0 Å². The number of nitrogens with zero attached hydrogens (tertiary/aromatic N) is 2. The number of anilines is 1. The monoisotopic (exact) mass is 543 g/mol. The summed E-state index contributed by atoms with van der Waals surface area (Å²) in [5.41, 5.74) is 0.749. The van der Waals surface area contributed by atoms with E-state index in [0.29, 0.717) is 18.7 Å². The first-order valence-corrected chi connectivity index (χ1v) is 14.4. The van der Waals surface area contributed by atoms with Gasteiger partial charge in [-0.3, -0.25) is 14.5 Å². The Morgan fingerprint density at radius 2 is 1.71 bits per heavy atom. The second-order valence-electron chi connectivity index (χ2n) is 10.5. The van der Waals surface area contributed by atoms with Gasteiger partial charge in [0.25, 0.3) is 5.91 Å². The van der Waals surface area contributed by atoms with Crippen molar-refractivity contribution in [3.63, 3.8) is 0 Å². The predicted molar refractivity (Wildman–Crippen MR) is 146 cm³/mol. The van der Waals surface area contributed by atoms with Crippen molar-refractivity contribution in [3.8, 4) is 0 Å². The van der Waals surface area contributed by atoms with Crippen molar-refractivity contribution in [2.24, 2.45) is 0 Å². The average Bonchev–Trinajstić information content (AvgIpc) is 2.93. The summed E-state index contributed by atoms with van der Waals surface area (Å²) < 4.78 is 31.8. The van der Waals surface area contributed by atoms with Crippen LogP contribution in [0.25, 0.3) is 0 Å². The molecule has 1 aliphatic heterocycles. The van der Waals surface area contributed by atoms with Crippen LogP contribution < -0.4 is 10.2 Å². The summed E-state index contributed by atoms with van der Waals surface area (Å²) >= 11 is 0. The van der Waals surface area contributed by atoms with Gasteiger partial charge in [0.15, 0.2) is 9.84 Å². The van der Waals surface area contributed by atoms with E-state index in [-0.39, 0.29) is 4.90 Å². The largest absolute Gasteiger partial charge is 0.444 e. The molecule has 2 aromatic carbocycles. The zero-order valence-corrected chi connectivity index (χ0v) is 23.5. The van der Waals surface area contributed by atoms with Gasteiger partial charge in [0.05, 0.1) is 16.3 Å². The van der Waals surface area contributed by atoms with Crippen LogP contribution in [0.4, 0.5) is 10.5 Å². The summed E-state index contributed by atoms with van der Waals surface area (Å²) in [7, 11) is -2.47. The molecule has 3 rings (SSSR count). The van der Waals surface area contributed by atoms with Crippen LogP contribution in [-0.4, -0.2) is 68.3 Å². The zero-order chi connectivity index (χ0) is 28.1. The van der Waals surface area contributed by atoms with Crippen LogP contribution in [0.3, 0.4) is 0 Å². The lowest BCUT2D eigenvalue weighted by Crippen LogP contribution is -2.55. The topological polar surface area (TPSA) is 113 Å². The highest BCUT2D eigenvalue weighted by Gasteiger charge is 2.39. The standard InChI is InChI=1S/C28H37N3O6S/c1-20(30(5)27(34)37-28(2,3)4)25(32)29-22-19-38(35,36)24-17-10-9-16-23(24)31(26(22)33)18-12-11-15-21-13-7-6-8-14-21/h6-10,13-14,16-17,20,22H,11-12,15,18-19H2,1-5H3,(H,29,32)/t20-,22?/m0/s1. The molecule has 1 unspecified atom stereocenters. The highest BCUT2D eigenvalue weighted by atomic mass is 32.2. The summed E-state index contributed by atoms with van der Waals surface area (Å²) in [5.74, 6) is -1.72. The first-order valence-electron chi connectivity index (χ1n) is 12.7. The Bertz CT molecular complexity index is 1260. The lowest BCUT2D eigenvalue weighted by molar-refractivity contribution is -0.129. The Balaban J connectivity index is 1.77. The number of hydrogen-bond donors (Lipinski definition) is 1. The summed E-state index contributed by atoms with van der Waals surface area (Å²) in [6, 6.07) is 14.1. The van der Waals surface area contributed by atoms with Gasteiger partial charge >= 0.3 is 6.09 Å². The minimum absolute atomic E-state index is 0.0621. The summed E-state index contributed by atoms with van der Waals surface area (Å²) in [6.45, 7) is 6.93. The molecule has 1 aliphatic rings. The first-order chi connectivity index (χ1) is 17.8. The van der Waals surface area contributed by atoms with Crippen molar-refractivity contribution in [2.75, 3.05) is 24.2 Å². The van der Waals surface area contributed by atoms with Crippen LogP contribution in [-0.2, 0) is 30.6 Å². The predicted octanol–water partition coefficient (Wildman–Crippen LogP) is 3.57. The van der Waals surface area contributed by atoms with E-state index < -0.39 is 51.2 Å². The fourth-order valence-corrected chi connectivity index (χ4v) is 5.80. The number of carbonyl (C=O) groups is 3. The number of carbonyl (C=O) groups excluding carboxylic acids is 3. The van der Waals surface area contributed by atoms with Gasteiger partial charge in [-0.15, -0.1) is 0 Å². The Labute approximate surface area is 225 Å². The third kappa shape index (κ3) is 7.34. The minimum Gasteiger partial charge on any atom is -0.444 e. The summed E-state index contributed by atoms with van der Waals surface area (Å²) in [4.78, 5) is 41.8. The van der Waals surface area contributed by atoms with E-state index in [1.807, 2.05) is 30.3 Å². The Morgan fingerprint density at radius 1 is 1.08 bits per heavy atom. The van der Waals surface area contributed by atoms with Gasteiger partial charge in [-0.05, 0) is 64.7 Å². The van der Waals surface area contributed by atoms with Crippen LogP contribution >= 0.6 is 0 Å². The Kier molecular flexibility index (Phi) is 9.19. The molecule has 0 saturated heterocycles. The first kappa shape index (κ1) is 29.2. The molecule has 38 heavy (non-hydrogen) atoms. The molecule has 1 heterocycles. The molecule has 0 bridgehead atoms. The van der Waals surface area contributed by atoms with Gasteiger partial charge < -0.3 is 15.0 Å². The number of ether oxygens (including phenoxy) is 1. The number of unbranched alkanes of at least 4 members (excludes halogenated alkanes) is 1. The second-order valence-corrected chi connectivity index (χ2v) is 12.5. The van der Waals surface area contributed by atoms with Gasteiger partial charge in [0.2, 0.25) is 5.91 Å². The number of aryl methyl sites for hydroxylation is 1. The van der Waals surface area contributed by atoms with Gasteiger partial charge in [-0.25, -0.2) is 13.2 Å². The Hall–Kier alpha value is -3.40. The van der Waals surface area contributed by atoms with Crippen LogP contribution in [0.2, 0.25) is 0 Å². The molecule has 9 nitrogen and oxygen atoms in total. The number of sulfone groups is 1. The van der Waals surface area contributed by atoms with Gasteiger partial charge in [-0.1, -0.05) is 42.5 Å². The van der Waals surface area contributed by atoms with E-state index >= 15 is 0 Å². The van der Waals surface area contributed by atoms with Crippen LogP contribution in [0.1, 0.15) is 46.1 Å². The maximum absolute atomic E-state index is 13.7. The third-order valence-electron chi connectivity index (χ3n) is 6.34. The maximum atomic E-state index is 13.7. The molecule has 3 amide bonds. The number of rotatable bonds is 8. The van der Waals surface area contributed by atoms with Crippen molar-refractivity contribution < 1.29 is 27.5 Å². The number of benzene rings is 2. The van der Waals surface area contributed by atoms with Crippen LogP contribution in [0.5, 0.6) is 0 Å². The maximum Gasteiger partial charge on any atom is 0.410 e. The molecule has 2 atom stereocenters. The number of likely N-dealkylation sites (N-methyl/N-ethyl adjacent to an activating group) is 1. The molecule has 206 valence electrons. The molecule has 0 fully saturated rings. The van der Waals surface area contributed by atoms with E-state index in [2.05, 4.69) is 5.32 Å². The molecule has 1 N–H and O–H groups in total. The molecule has 2 aromatic rings. The van der Waals surface area contributed by atoms with Crippen molar-refractivity contribution in [1.29, 1.82) is 0 Å². The van der Waals surface area contributed by atoms with E-state index in [1.54, 1.807) is 39.0 Å². The highest BCUT2D eigenvalue weighted by Crippen LogP contribution is 2.31. The number of amides is 3. The van der Waals surface area contributed by atoms with Crippen LogP contribution in [0.15, 0.2) is 59.5 Å². The number of para-hydroxylation sites is 1. The molecule has 0 aromatic heterocycles. The van der Waals surface area contributed by atoms with Crippen molar-refractivity contribution in [3.05, 3.63) is 60.2 Å². The van der Waals surface area contributed by atoms with Gasteiger partial charge in [0.1, 0.15) is 17.7 Å². The highest BCUT2D eigenvalue weighted by molar-refractivity contribution is 7.91. The average molecular weight is 544 g/mol. The molecule has 10 heteroatoms. The normalized spacial score (nSPS) is 17.7. The number of nitrogens with one attached hydrogen (secondary N) is 1. The molecule has 0 saturated carbocycles. The van der Waals surface area contributed by atoms with E-state index in [0.717, 1.165) is 17.7 Å². The van der Waals surface area contributed by atoms with Gasteiger partial charge in [0, 0.05) is 13.6 Å². The summed E-state index contributed by atoms with van der Waals surface area (Å²) in [6.07, 6.45) is 1.58. The fraction of sp³-hybridized carbons (Fsp3) is 0.464. The van der Waals surface area contributed by atoms with E-state index in [1.165, 1.54) is 30.5 Å². The molecule has 0 spiro atoms. The summed E-state index contributed by atoms with van der Waals surface area (Å²) in [5, 5.41) is 2.58.